The number of carbonyl (C=O) groups excluding carboxylic acids is 2. The highest BCUT2D eigenvalue weighted by atomic mass is 35.5. The number of methoxy groups -OCH3 is 2. The normalized spacial score (nSPS) is 21.1. The van der Waals surface area contributed by atoms with Crippen molar-refractivity contribution in [1.29, 1.82) is 0 Å². The van der Waals surface area contributed by atoms with E-state index in [1.54, 1.807) is 13.3 Å². The van der Waals surface area contributed by atoms with Crippen molar-refractivity contribution in [2.24, 2.45) is 15.9 Å². The molecule has 3 atom stereocenters. The van der Waals surface area contributed by atoms with E-state index >= 15 is 0 Å². The first kappa shape index (κ1) is 35.5. The number of aliphatic imine (C=N–C) groups is 2. The SMILES string of the molecule is C=N/C(CNC[C@@H]1CCC(=O)N1)=C(\N=C(/C)c1cccc(-c2cccc(-c3cnc(CN4C[C@H]5CC(=O)N[C@H]5C4)c(OC)n3)c2Cl)c1Cl)OC. The molecule has 0 unspecified atom stereocenters. The van der Waals surface area contributed by atoms with Crippen molar-refractivity contribution in [2.75, 3.05) is 40.4 Å². The summed E-state index contributed by atoms with van der Waals surface area (Å²) in [6.07, 6.45) is 3.60. The molecule has 4 heterocycles. The van der Waals surface area contributed by atoms with Gasteiger partial charge < -0.3 is 25.4 Å². The third kappa shape index (κ3) is 7.68. The van der Waals surface area contributed by atoms with Crippen molar-refractivity contribution in [3.8, 4) is 28.3 Å². The molecule has 12 nitrogen and oxygen atoms in total. The highest BCUT2D eigenvalue weighted by molar-refractivity contribution is 6.39. The van der Waals surface area contributed by atoms with E-state index in [0.717, 1.165) is 36.3 Å². The summed E-state index contributed by atoms with van der Waals surface area (Å²) in [5.41, 5.74) is 5.24. The Hall–Kier alpha value is -4.36. The maximum atomic E-state index is 11.7. The van der Waals surface area contributed by atoms with Gasteiger partial charge in [0, 0.05) is 85.8 Å². The van der Waals surface area contributed by atoms with Crippen LogP contribution in [-0.4, -0.2) is 91.6 Å². The molecule has 0 spiro atoms. The molecule has 262 valence electrons. The quantitative estimate of drug-likeness (QED) is 0.172. The molecule has 0 radical (unpaired) electrons. The third-order valence-corrected chi connectivity index (χ3v) is 10.1. The molecule has 3 N–H and O–H groups in total. The first-order chi connectivity index (χ1) is 24.2. The zero-order valence-electron chi connectivity index (χ0n) is 28.3. The predicted octanol–water partition coefficient (Wildman–Crippen LogP) is 4.64. The Balaban J connectivity index is 1.22. The topological polar surface area (TPSA) is 142 Å². The Kier molecular flexibility index (Phi) is 11.1. The minimum atomic E-state index is 0.0664. The molecule has 1 aromatic heterocycles. The molecule has 3 aliphatic rings. The van der Waals surface area contributed by atoms with Gasteiger partial charge >= 0.3 is 0 Å². The molecule has 3 aromatic rings. The lowest BCUT2D eigenvalue weighted by molar-refractivity contribution is -0.120. The minimum Gasteiger partial charge on any atom is -0.480 e. The number of nitrogens with one attached hydrogen (secondary N) is 3. The third-order valence-electron chi connectivity index (χ3n) is 9.31. The number of carbonyl (C=O) groups is 2. The molecule has 2 aromatic carbocycles. The monoisotopic (exact) mass is 718 g/mol. The summed E-state index contributed by atoms with van der Waals surface area (Å²) < 4.78 is 11.3. The van der Waals surface area contributed by atoms with Crippen LogP contribution in [0.15, 0.2) is 64.2 Å². The molecule has 2 amide bonds. The number of amides is 2. The van der Waals surface area contributed by atoms with Gasteiger partial charge in [-0.15, -0.1) is 0 Å². The molecule has 50 heavy (non-hydrogen) atoms. The van der Waals surface area contributed by atoms with Crippen molar-refractivity contribution in [2.45, 2.75) is 44.8 Å². The maximum absolute atomic E-state index is 11.7. The summed E-state index contributed by atoms with van der Waals surface area (Å²) in [5.74, 6) is 1.24. The molecule has 0 aliphatic carbocycles. The number of halogens is 2. The molecule has 3 fully saturated rings. The minimum absolute atomic E-state index is 0.0664. The summed E-state index contributed by atoms with van der Waals surface area (Å²) in [6.45, 7) is 8.67. The van der Waals surface area contributed by atoms with Crippen LogP contribution in [0.3, 0.4) is 0 Å². The van der Waals surface area contributed by atoms with E-state index in [9.17, 15) is 9.59 Å². The number of nitrogens with zero attached hydrogens (tertiary/aromatic N) is 5. The summed E-state index contributed by atoms with van der Waals surface area (Å²) in [5, 5.41) is 10.2. The van der Waals surface area contributed by atoms with Gasteiger partial charge in [0.25, 0.3) is 0 Å². The number of fused-ring (bicyclic) bond motifs is 1. The maximum Gasteiger partial charge on any atom is 0.237 e. The second-order valence-corrected chi connectivity index (χ2v) is 13.4. The lowest BCUT2D eigenvalue weighted by Crippen LogP contribution is -2.36. The van der Waals surface area contributed by atoms with Gasteiger partial charge in [0.1, 0.15) is 11.4 Å². The fourth-order valence-electron chi connectivity index (χ4n) is 6.77. The molecule has 3 aliphatic heterocycles. The number of likely N-dealkylation sites (tertiary alicyclic amines) is 1. The highest BCUT2D eigenvalue weighted by Gasteiger charge is 2.40. The smallest absolute Gasteiger partial charge is 0.237 e. The lowest BCUT2D eigenvalue weighted by atomic mass is 9.98. The van der Waals surface area contributed by atoms with E-state index in [-0.39, 0.29) is 23.9 Å². The van der Waals surface area contributed by atoms with Gasteiger partial charge in [-0.3, -0.25) is 24.5 Å². The van der Waals surface area contributed by atoms with Crippen molar-refractivity contribution in [1.82, 2.24) is 30.8 Å². The van der Waals surface area contributed by atoms with Crippen LogP contribution in [0.1, 0.15) is 37.4 Å². The largest absolute Gasteiger partial charge is 0.480 e. The predicted molar refractivity (Wildman–Crippen MR) is 195 cm³/mol. The Morgan fingerprint density at radius 3 is 2.52 bits per heavy atom. The Morgan fingerprint density at radius 2 is 1.82 bits per heavy atom. The van der Waals surface area contributed by atoms with E-state index in [2.05, 4.69) is 32.6 Å². The molecule has 14 heteroatoms. The van der Waals surface area contributed by atoms with E-state index in [1.807, 2.05) is 43.3 Å². The number of ether oxygens (including phenoxy) is 2. The molecule has 0 saturated carbocycles. The average Bonchev–Trinajstić information content (AvgIpc) is 3.80. The first-order valence-corrected chi connectivity index (χ1v) is 17.2. The average molecular weight is 720 g/mol. The molecular formula is C36H40Cl2N8O4. The number of hydrogen-bond donors (Lipinski definition) is 3. The number of hydrogen-bond acceptors (Lipinski definition) is 10. The number of benzene rings is 2. The fraction of sp³-hybridized carbons (Fsp3) is 0.389. The number of aromatic nitrogens is 2. The molecule has 3 saturated heterocycles. The van der Waals surface area contributed by atoms with Gasteiger partial charge in [-0.2, -0.15) is 0 Å². The van der Waals surface area contributed by atoms with E-state index in [1.165, 1.54) is 7.11 Å². The molecule has 0 bridgehead atoms. The van der Waals surface area contributed by atoms with Crippen molar-refractivity contribution in [3.05, 3.63) is 75.5 Å². The van der Waals surface area contributed by atoms with Crippen molar-refractivity contribution in [3.63, 3.8) is 0 Å². The standard InChI is InChI=1S/C36H40Cl2N8O4/c1-20(42-35(49-3)28(39-2)15-40-14-22-11-12-31(47)43-22)23-7-5-8-24(33(23)37)25-9-6-10-26(34(25)38)27-16-41-30(36(45-27)50-4)19-46-17-21-13-32(48)44-29(21)18-46/h5-10,16,21-22,29,40H,2,11-15,17-19H2,1,3-4H3,(H,43,47)(H,44,48)/b35-28+,42-20+/t21-,22+,29+/m1/s1. The van der Waals surface area contributed by atoms with Crippen LogP contribution in [0.4, 0.5) is 0 Å². The van der Waals surface area contributed by atoms with Crippen LogP contribution < -0.4 is 20.7 Å². The number of rotatable bonds is 13. The van der Waals surface area contributed by atoms with E-state index in [0.29, 0.717) is 88.4 Å². The molecule has 6 rings (SSSR count). The Labute approximate surface area is 301 Å². The van der Waals surface area contributed by atoms with Crippen LogP contribution in [0.5, 0.6) is 5.88 Å². The summed E-state index contributed by atoms with van der Waals surface area (Å²) in [6, 6.07) is 11.6. The summed E-state index contributed by atoms with van der Waals surface area (Å²) in [4.78, 5) is 43.9. The van der Waals surface area contributed by atoms with Gasteiger partial charge in [-0.25, -0.2) is 9.98 Å². The second kappa shape index (κ2) is 15.7. The summed E-state index contributed by atoms with van der Waals surface area (Å²) >= 11 is 14.1. The van der Waals surface area contributed by atoms with Crippen LogP contribution >= 0.6 is 23.2 Å². The van der Waals surface area contributed by atoms with E-state index < -0.39 is 0 Å². The lowest BCUT2D eigenvalue weighted by Gasteiger charge is -2.18. The van der Waals surface area contributed by atoms with Gasteiger partial charge in [-0.05, 0) is 20.1 Å². The molecular weight excluding hydrogens is 679 g/mol. The first-order valence-electron chi connectivity index (χ1n) is 16.5. The van der Waals surface area contributed by atoms with Crippen LogP contribution in [0.2, 0.25) is 10.0 Å². The van der Waals surface area contributed by atoms with Crippen LogP contribution in [-0.2, 0) is 20.9 Å². The van der Waals surface area contributed by atoms with Gasteiger partial charge in [0.05, 0.1) is 41.9 Å². The van der Waals surface area contributed by atoms with Crippen molar-refractivity contribution < 1.29 is 19.1 Å². The van der Waals surface area contributed by atoms with Crippen molar-refractivity contribution >= 4 is 47.4 Å². The van der Waals surface area contributed by atoms with E-state index in [4.69, 9.17) is 47.6 Å². The highest BCUT2D eigenvalue weighted by Crippen LogP contribution is 2.40. The Morgan fingerprint density at radius 1 is 1.06 bits per heavy atom. The zero-order valence-corrected chi connectivity index (χ0v) is 29.8. The second-order valence-electron chi connectivity index (χ2n) is 12.6. The van der Waals surface area contributed by atoms with Crippen LogP contribution in [0.25, 0.3) is 22.4 Å². The van der Waals surface area contributed by atoms with Crippen LogP contribution in [0, 0.1) is 5.92 Å². The zero-order chi connectivity index (χ0) is 35.4. The van der Waals surface area contributed by atoms with Gasteiger partial charge in [0.15, 0.2) is 0 Å². The Bertz CT molecular complexity index is 1850. The fourth-order valence-corrected chi connectivity index (χ4v) is 7.46. The van der Waals surface area contributed by atoms with Gasteiger partial charge in [-0.1, -0.05) is 59.6 Å². The summed E-state index contributed by atoms with van der Waals surface area (Å²) in [7, 11) is 3.11. The van der Waals surface area contributed by atoms with Gasteiger partial charge in [0.2, 0.25) is 23.6 Å².